The molecular weight excluding hydrogens is 174 g/mol. The Morgan fingerprint density at radius 1 is 1.45 bits per heavy atom. The molecule has 68 valence electrons. The normalized spacial score (nSPS) is 13.9. The van der Waals surface area contributed by atoms with Gasteiger partial charge < -0.3 is 4.90 Å². The van der Waals surface area contributed by atoms with Crippen molar-refractivity contribution in [2.24, 2.45) is 5.92 Å². The predicted octanol–water partition coefficient (Wildman–Crippen LogP) is 1.85. The van der Waals surface area contributed by atoms with E-state index >= 15 is 0 Å². The molecule has 0 aliphatic rings. The van der Waals surface area contributed by atoms with E-state index < -0.39 is 0 Å². The van der Waals surface area contributed by atoms with Crippen molar-refractivity contribution < 1.29 is 0 Å². The van der Waals surface area contributed by atoms with Crippen LogP contribution in [0, 0.1) is 5.92 Å². The fraction of sp³-hybridized carbons (Fsp3) is 1.00. The summed E-state index contributed by atoms with van der Waals surface area (Å²) in [6, 6.07) is 0. The molecule has 0 aromatic heterocycles. The van der Waals surface area contributed by atoms with Gasteiger partial charge in [0.15, 0.2) is 0 Å². The van der Waals surface area contributed by atoms with E-state index in [-0.39, 0.29) is 0 Å². The molecule has 0 bridgehead atoms. The second-order valence-electron chi connectivity index (χ2n) is 3.17. The Hall–Kier alpha value is 0.660. The fourth-order valence-electron chi connectivity index (χ4n) is 0.584. The highest BCUT2D eigenvalue weighted by molar-refractivity contribution is 7.99. The lowest BCUT2D eigenvalue weighted by Gasteiger charge is -2.10. The van der Waals surface area contributed by atoms with Crippen LogP contribution in [-0.4, -0.2) is 42.8 Å². The van der Waals surface area contributed by atoms with Crippen molar-refractivity contribution in [1.82, 2.24) is 4.90 Å². The van der Waals surface area contributed by atoms with Crippen LogP contribution in [0.4, 0.5) is 0 Å². The zero-order chi connectivity index (χ0) is 8.69. The van der Waals surface area contributed by atoms with Crippen LogP contribution in [0.15, 0.2) is 0 Å². The first-order valence-corrected chi connectivity index (χ1v) is 5.79. The summed E-state index contributed by atoms with van der Waals surface area (Å²) in [7, 11) is 4.23. The van der Waals surface area contributed by atoms with E-state index in [4.69, 9.17) is 0 Å². The Morgan fingerprint density at radius 3 is 2.55 bits per heavy atom. The van der Waals surface area contributed by atoms with E-state index in [2.05, 4.69) is 38.5 Å². The smallest absolute Gasteiger partial charge is 0.00662 e. The third-order valence-corrected chi connectivity index (χ3v) is 3.30. The van der Waals surface area contributed by atoms with Crippen LogP contribution >= 0.6 is 24.4 Å². The lowest BCUT2D eigenvalue weighted by Crippen LogP contribution is -2.15. The molecule has 0 N–H and O–H groups in total. The zero-order valence-electron chi connectivity index (χ0n) is 7.71. The van der Waals surface area contributed by atoms with E-state index in [1.54, 1.807) is 0 Å². The molecule has 0 fully saturated rings. The van der Waals surface area contributed by atoms with Crippen LogP contribution in [0.25, 0.3) is 0 Å². The van der Waals surface area contributed by atoms with Crippen molar-refractivity contribution in [3.8, 4) is 0 Å². The molecule has 3 heteroatoms. The Balaban J connectivity index is 3.01. The van der Waals surface area contributed by atoms with Crippen LogP contribution in [0.5, 0.6) is 0 Å². The second kappa shape index (κ2) is 7.32. The summed E-state index contributed by atoms with van der Waals surface area (Å²) < 4.78 is 0. The summed E-state index contributed by atoms with van der Waals surface area (Å²) in [5.41, 5.74) is 0. The highest BCUT2D eigenvalue weighted by atomic mass is 32.2. The number of rotatable bonds is 6. The maximum Gasteiger partial charge on any atom is 0.00662 e. The number of thiol groups is 1. The van der Waals surface area contributed by atoms with E-state index in [0.717, 1.165) is 11.7 Å². The zero-order valence-corrected chi connectivity index (χ0v) is 9.42. The molecule has 0 aliphatic heterocycles. The summed E-state index contributed by atoms with van der Waals surface area (Å²) in [5.74, 6) is 4.25. The summed E-state index contributed by atoms with van der Waals surface area (Å²) in [6.45, 7) is 3.43. The van der Waals surface area contributed by atoms with Crippen molar-refractivity contribution in [2.75, 3.05) is 37.9 Å². The van der Waals surface area contributed by atoms with E-state index in [1.165, 1.54) is 18.1 Å². The third-order valence-electron chi connectivity index (χ3n) is 1.40. The van der Waals surface area contributed by atoms with Gasteiger partial charge in [-0.15, -0.1) is 0 Å². The third kappa shape index (κ3) is 8.57. The quantitative estimate of drug-likeness (QED) is 0.506. The predicted molar refractivity (Wildman–Crippen MR) is 58.9 cm³/mol. The van der Waals surface area contributed by atoms with E-state index in [9.17, 15) is 0 Å². The molecule has 0 saturated carbocycles. The summed E-state index contributed by atoms with van der Waals surface area (Å²) in [4.78, 5) is 2.22. The van der Waals surface area contributed by atoms with E-state index in [0.29, 0.717) is 0 Å². The number of nitrogens with zero attached hydrogens (tertiary/aromatic N) is 1. The highest BCUT2D eigenvalue weighted by Gasteiger charge is 1.98. The molecule has 0 amide bonds. The van der Waals surface area contributed by atoms with E-state index in [1.807, 2.05) is 11.8 Å². The molecule has 1 atom stereocenters. The Morgan fingerprint density at radius 2 is 2.09 bits per heavy atom. The van der Waals surface area contributed by atoms with Crippen LogP contribution < -0.4 is 0 Å². The van der Waals surface area contributed by atoms with Gasteiger partial charge in [-0.3, -0.25) is 0 Å². The van der Waals surface area contributed by atoms with Gasteiger partial charge in [0.05, 0.1) is 0 Å². The van der Waals surface area contributed by atoms with Crippen molar-refractivity contribution >= 4 is 24.4 Å². The molecule has 0 spiro atoms. The first-order chi connectivity index (χ1) is 5.16. The monoisotopic (exact) mass is 193 g/mol. The molecule has 0 radical (unpaired) electrons. The van der Waals surface area contributed by atoms with Gasteiger partial charge in [0.2, 0.25) is 0 Å². The lowest BCUT2D eigenvalue weighted by molar-refractivity contribution is 0.437. The van der Waals surface area contributed by atoms with Gasteiger partial charge in [-0.1, -0.05) is 6.92 Å². The van der Waals surface area contributed by atoms with Crippen LogP contribution in [0.3, 0.4) is 0 Å². The Labute approximate surface area is 80.3 Å². The van der Waals surface area contributed by atoms with Crippen molar-refractivity contribution in [1.29, 1.82) is 0 Å². The maximum absolute atomic E-state index is 4.23. The van der Waals surface area contributed by atoms with Gasteiger partial charge in [0.1, 0.15) is 0 Å². The Kier molecular flexibility index (Phi) is 7.76. The van der Waals surface area contributed by atoms with Crippen molar-refractivity contribution in [2.45, 2.75) is 6.92 Å². The molecule has 0 heterocycles. The average Bonchev–Trinajstić information content (AvgIpc) is 1.97. The molecule has 0 aliphatic carbocycles. The topological polar surface area (TPSA) is 3.24 Å². The van der Waals surface area contributed by atoms with Gasteiger partial charge in [0, 0.05) is 12.3 Å². The first kappa shape index (κ1) is 11.7. The minimum Gasteiger partial charge on any atom is -0.309 e. The van der Waals surface area contributed by atoms with Crippen molar-refractivity contribution in [3.05, 3.63) is 0 Å². The largest absolute Gasteiger partial charge is 0.309 e. The summed E-state index contributed by atoms with van der Waals surface area (Å²) in [6.07, 6.45) is 0. The Bertz CT molecular complexity index is 86.2. The minimum absolute atomic E-state index is 0.755. The first-order valence-electron chi connectivity index (χ1n) is 4.00. The molecule has 0 aromatic carbocycles. The van der Waals surface area contributed by atoms with Gasteiger partial charge >= 0.3 is 0 Å². The molecule has 0 aromatic rings. The molecular formula is C8H19NS2. The number of hydrogen-bond donors (Lipinski definition) is 1. The van der Waals surface area contributed by atoms with Crippen LogP contribution in [0.1, 0.15) is 6.92 Å². The average molecular weight is 193 g/mol. The highest BCUT2D eigenvalue weighted by Crippen LogP contribution is 2.08. The van der Waals surface area contributed by atoms with Gasteiger partial charge in [-0.25, -0.2) is 0 Å². The number of thioether (sulfide) groups is 1. The fourth-order valence-corrected chi connectivity index (χ4v) is 2.07. The van der Waals surface area contributed by atoms with Crippen LogP contribution in [-0.2, 0) is 0 Å². The standard InChI is InChI=1S/C8H19NS2/c1-8(6-10)7-11-5-4-9(2)3/h8,10H,4-7H2,1-3H3. The SMILES string of the molecule is CC(CS)CSCCN(C)C. The maximum atomic E-state index is 4.23. The molecule has 0 saturated heterocycles. The second-order valence-corrected chi connectivity index (χ2v) is 4.68. The van der Waals surface area contributed by atoms with Crippen LogP contribution in [0.2, 0.25) is 0 Å². The summed E-state index contributed by atoms with van der Waals surface area (Å²) >= 11 is 6.26. The minimum atomic E-state index is 0.755. The van der Waals surface area contributed by atoms with Crippen molar-refractivity contribution in [3.63, 3.8) is 0 Å². The molecule has 11 heavy (non-hydrogen) atoms. The van der Waals surface area contributed by atoms with Gasteiger partial charge in [0.25, 0.3) is 0 Å². The molecule has 0 rings (SSSR count). The number of hydrogen-bond acceptors (Lipinski definition) is 3. The molecule has 1 unspecified atom stereocenters. The van der Waals surface area contributed by atoms with Gasteiger partial charge in [-0.2, -0.15) is 24.4 Å². The lowest BCUT2D eigenvalue weighted by atomic mass is 10.3. The summed E-state index contributed by atoms with van der Waals surface area (Å²) in [5, 5.41) is 0. The van der Waals surface area contributed by atoms with Gasteiger partial charge in [-0.05, 0) is 31.5 Å². The molecule has 1 nitrogen and oxygen atoms in total.